The Morgan fingerprint density at radius 1 is 1.27 bits per heavy atom. The number of hydrogen-bond donors (Lipinski definition) is 2. The van der Waals surface area contributed by atoms with Crippen molar-refractivity contribution >= 4 is 16.0 Å². The highest BCUT2D eigenvalue weighted by atomic mass is 32.2. The molecular formula is C18H30N4O3S. The molecule has 1 aromatic carbocycles. The van der Waals surface area contributed by atoms with Gasteiger partial charge in [-0.15, -0.1) is 0 Å². The Kier molecular flexibility index (Phi) is 7.02. The van der Waals surface area contributed by atoms with Crippen LogP contribution in [0.2, 0.25) is 0 Å². The summed E-state index contributed by atoms with van der Waals surface area (Å²) in [5.41, 5.74) is 0.807. The highest BCUT2D eigenvalue weighted by Crippen LogP contribution is 2.23. The largest absolute Gasteiger partial charge is 0.373 e. The normalized spacial score (nSPS) is 21.2. The summed E-state index contributed by atoms with van der Waals surface area (Å²) in [6.07, 6.45) is 2.13. The Bertz CT molecular complexity index is 708. The molecule has 0 amide bonds. The van der Waals surface area contributed by atoms with E-state index in [-0.39, 0.29) is 10.5 Å². The highest BCUT2D eigenvalue weighted by Gasteiger charge is 2.29. The number of rotatable bonds is 7. The van der Waals surface area contributed by atoms with E-state index in [0.29, 0.717) is 13.1 Å². The first-order chi connectivity index (χ1) is 12.3. The fraction of sp³-hybridized carbons (Fsp3) is 0.611. The topological polar surface area (TPSA) is 83.0 Å². The molecule has 0 spiro atoms. The smallest absolute Gasteiger partial charge is 0.242 e. The van der Waals surface area contributed by atoms with Crippen LogP contribution in [0, 0.1) is 0 Å². The average Bonchev–Trinajstić information content (AvgIpc) is 3.04. The van der Waals surface area contributed by atoms with E-state index in [0.717, 1.165) is 37.5 Å². The van der Waals surface area contributed by atoms with Gasteiger partial charge in [0.1, 0.15) is 0 Å². The molecule has 1 heterocycles. The van der Waals surface area contributed by atoms with Crippen molar-refractivity contribution in [2.45, 2.75) is 43.7 Å². The lowest BCUT2D eigenvalue weighted by Crippen LogP contribution is -2.45. The zero-order chi connectivity index (χ0) is 19.2. The van der Waals surface area contributed by atoms with Crippen molar-refractivity contribution in [2.75, 3.05) is 33.8 Å². The molecule has 1 unspecified atom stereocenters. The molecule has 2 rings (SSSR count). The van der Waals surface area contributed by atoms with Gasteiger partial charge in [-0.2, -0.15) is 0 Å². The van der Waals surface area contributed by atoms with Gasteiger partial charge in [-0.25, -0.2) is 17.7 Å². The quantitative estimate of drug-likeness (QED) is 0.552. The number of benzene rings is 1. The zero-order valence-corrected chi connectivity index (χ0v) is 16.9. The van der Waals surface area contributed by atoms with Crippen LogP contribution in [0.1, 0.15) is 32.3 Å². The molecule has 26 heavy (non-hydrogen) atoms. The van der Waals surface area contributed by atoms with Crippen LogP contribution in [0.4, 0.5) is 0 Å². The van der Waals surface area contributed by atoms with Gasteiger partial charge in [-0.3, -0.25) is 0 Å². The van der Waals surface area contributed by atoms with Gasteiger partial charge >= 0.3 is 0 Å². The maximum atomic E-state index is 12.1. The first-order valence-electron chi connectivity index (χ1n) is 8.94. The van der Waals surface area contributed by atoms with E-state index in [2.05, 4.69) is 22.5 Å². The minimum atomic E-state index is -3.40. The molecule has 0 aromatic heterocycles. The van der Waals surface area contributed by atoms with Gasteiger partial charge in [-0.1, -0.05) is 12.1 Å². The number of nitrogens with one attached hydrogen (secondary N) is 2. The van der Waals surface area contributed by atoms with E-state index in [1.54, 1.807) is 24.3 Å². The molecule has 1 fully saturated rings. The van der Waals surface area contributed by atoms with Gasteiger partial charge < -0.3 is 15.4 Å². The highest BCUT2D eigenvalue weighted by molar-refractivity contribution is 7.89. The Balaban J connectivity index is 2.00. The predicted molar refractivity (Wildman–Crippen MR) is 104 cm³/mol. The number of aliphatic imine (C=N–C) groups is 1. The number of nitrogens with zero attached hydrogens (tertiary/aromatic N) is 2. The second-order valence-electron chi connectivity index (χ2n) is 6.88. The molecule has 0 aliphatic carbocycles. The molecular weight excluding hydrogens is 352 g/mol. The van der Waals surface area contributed by atoms with Crippen molar-refractivity contribution in [1.29, 1.82) is 0 Å². The Hall–Kier alpha value is -1.64. The van der Waals surface area contributed by atoms with Crippen LogP contribution in [0.15, 0.2) is 34.2 Å². The van der Waals surface area contributed by atoms with Crippen LogP contribution in [0.3, 0.4) is 0 Å². The fourth-order valence-corrected chi connectivity index (χ4v) is 3.64. The maximum absolute atomic E-state index is 12.1. The molecule has 8 heteroatoms. The third-order valence-corrected chi connectivity index (χ3v) is 6.23. The number of sulfonamides is 1. The summed E-state index contributed by atoms with van der Waals surface area (Å²) in [5, 5.41) is 6.56. The first-order valence-corrected chi connectivity index (χ1v) is 10.4. The molecule has 1 saturated heterocycles. The van der Waals surface area contributed by atoms with Crippen LogP contribution in [0.5, 0.6) is 0 Å². The molecule has 0 saturated carbocycles. The van der Waals surface area contributed by atoms with Crippen molar-refractivity contribution in [3.05, 3.63) is 29.8 Å². The SMILES string of the molecule is CCNC(=NCc1ccc(S(=O)(=O)N(C)C)cc1)NCC1(C)CCCO1. The van der Waals surface area contributed by atoms with Crippen molar-refractivity contribution in [3.63, 3.8) is 0 Å². The fourth-order valence-electron chi connectivity index (χ4n) is 2.74. The molecule has 2 N–H and O–H groups in total. The number of guanidine groups is 1. The van der Waals surface area contributed by atoms with Crippen LogP contribution in [0.25, 0.3) is 0 Å². The van der Waals surface area contributed by atoms with E-state index < -0.39 is 10.0 Å². The van der Waals surface area contributed by atoms with Gasteiger partial charge in [0.15, 0.2) is 5.96 Å². The Morgan fingerprint density at radius 2 is 1.96 bits per heavy atom. The van der Waals surface area contributed by atoms with Gasteiger partial charge in [0.05, 0.1) is 17.0 Å². The summed E-state index contributed by atoms with van der Waals surface area (Å²) in [4.78, 5) is 4.87. The third-order valence-electron chi connectivity index (χ3n) is 4.40. The second kappa shape index (κ2) is 8.83. The van der Waals surface area contributed by atoms with Gasteiger partial charge in [-0.05, 0) is 44.4 Å². The van der Waals surface area contributed by atoms with E-state index >= 15 is 0 Å². The molecule has 1 aromatic rings. The maximum Gasteiger partial charge on any atom is 0.242 e. The van der Waals surface area contributed by atoms with Crippen LogP contribution in [-0.2, 0) is 21.3 Å². The molecule has 0 radical (unpaired) electrons. The van der Waals surface area contributed by atoms with Crippen LogP contribution >= 0.6 is 0 Å². The Labute approximate surface area is 156 Å². The standard InChI is InChI=1S/C18H30N4O3S/c1-5-19-17(21-14-18(2)11-6-12-25-18)20-13-15-7-9-16(10-8-15)26(23,24)22(3)4/h7-10H,5-6,11-14H2,1-4H3,(H2,19,20,21). The summed E-state index contributed by atoms with van der Waals surface area (Å²) in [5.74, 6) is 0.731. The van der Waals surface area contributed by atoms with Crippen molar-refractivity contribution in [1.82, 2.24) is 14.9 Å². The Morgan fingerprint density at radius 3 is 2.50 bits per heavy atom. The summed E-state index contributed by atoms with van der Waals surface area (Å²) in [7, 11) is -0.351. The number of ether oxygens (including phenoxy) is 1. The summed E-state index contributed by atoms with van der Waals surface area (Å²) < 4.78 is 31.2. The minimum Gasteiger partial charge on any atom is -0.373 e. The van der Waals surface area contributed by atoms with Gasteiger partial charge in [0.25, 0.3) is 0 Å². The monoisotopic (exact) mass is 382 g/mol. The van der Waals surface area contributed by atoms with Gasteiger partial charge in [0.2, 0.25) is 10.0 Å². The van der Waals surface area contributed by atoms with Crippen LogP contribution in [-0.4, -0.2) is 58.1 Å². The molecule has 1 aliphatic rings. The molecule has 0 bridgehead atoms. The summed E-state index contributed by atoms with van der Waals surface area (Å²) in [6.45, 7) is 6.89. The number of hydrogen-bond acceptors (Lipinski definition) is 4. The summed E-state index contributed by atoms with van der Waals surface area (Å²) >= 11 is 0. The zero-order valence-electron chi connectivity index (χ0n) is 16.1. The lowest BCUT2D eigenvalue weighted by Gasteiger charge is -2.24. The van der Waals surface area contributed by atoms with E-state index in [1.807, 2.05) is 6.92 Å². The predicted octanol–water partition coefficient (Wildman–Crippen LogP) is 1.56. The summed E-state index contributed by atoms with van der Waals surface area (Å²) in [6, 6.07) is 6.83. The lowest BCUT2D eigenvalue weighted by molar-refractivity contribution is 0.0243. The van der Waals surface area contributed by atoms with Crippen LogP contribution < -0.4 is 10.6 Å². The molecule has 1 aliphatic heterocycles. The van der Waals surface area contributed by atoms with Gasteiger partial charge in [0, 0.05) is 33.8 Å². The average molecular weight is 383 g/mol. The molecule has 1 atom stereocenters. The van der Waals surface area contributed by atoms with Crippen molar-refractivity contribution in [3.8, 4) is 0 Å². The lowest BCUT2D eigenvalue weighted by atomic mass is 10.0. The minimum absolute atomic E-state index is 0.140. The second-order valence-corrected chi connectivity index (χ2v) is 9.03. The van der Waals surface area contributed by atoms with Crippen molar-refractivity contribution in [2.24, 2.45) is 4.99 Å². The molecule has 146 valence electrons. The van der Waals surface area contributed by atoms with E-state index in [4.69, 9.17) is 4.74 Å². The van der Waals surface area contributed by atoms with E-state index in [1.165, 1.54) is 18.4 Å². The van der Waals surface area contributed by atoms with E-state index in [9.17, 15) is 8.42 Å². The van der Waals surface area contributed by atoms with Crippen molar-refractivity contribution < 1.29 is 13.2 Å². The first kappa shape index (κ1) is 20.7. The molecule has 7 nitrogen and oxygen atoms in total. The third kappa shape index (κ3) is 5.43.